The van der Waals surface area contributed by atoms with E-state index in [0.717, 1.165) is 30.6 Å². The molecule has 114 heavy (non-hydrogen) atoms. The Bertz CT molecular complexity index is 3530. The summed E-state index contributed by atoms with van der Waals surface area (Å²) in [7, 11) is 0. The lowest BCUT2D eigenvalue weighted by molar-refractivity contribution is -0.143. The summed E-state index contributed by atoms with van der Waals surface area (Å²) in [4.78, 5) is 232. The molecule has 2 saturated heterocycles. The maximum Gasteiger partial charge on any atom is 0.248 e. The third-order valence-electron chi connectivity index (χ3n) is 18.2. The maximum absolute atomic E-state index is 15.0. The van der Waals surface area contributed by atoms with Gasteiger partial charge in [-0.2, -0.15) is 0 Å². The molecule has 0 aliphatic carbocycles. The number of hydrogen-bond donors (Lipinski definition) is 26. The Morgan fingerprint density at radius 3 is 1.46 bits per heavy atom. The number of nitrogens with one attached hydrogen (secondary N) is 14. The lowest BCUT2D eigenvalue weighted by atomic mass is 10.0. The smallest absolute Gasteiger partial charge is 0.248 e. The van der Waals surface area contributed by atoms with Crippen LogP contribution in [0.3, 0.4) is 0 Å². The highest BCUT2D eigenvalue weighted by atomic mass is 16.3. The highest BCUT2D eigenvalue weighted by molar-refractivity contribution is 6.01. The first kappa shape index (κ1) is 97.2. The number of aromatic hydroxyl groups is 1. The molecular formula is C69H114N22O23. The van der Waals surface area contributed by atoms with Gasteiger partial charge in [-0.05, 0) is 122 Å². The molecule has 2 aliphatic heterocycles. The van der Waals surface area contributed by atoms with E-state index in [0.29, 0.717) is 31.4 Å². The predicted octanol–water partition coefficient (Wildman–Crippen LogP) is -12.1. The number of benzene rings is 1. The highest BCUT2D eigenvalue weighted by Crippen LogP contribution is 2.23. The molecule has 638 valence electrons. The topological polar surface area (TPSA) is 754 Å². The Balaban J connectivity index is 1.84. The second-order valence-corrected chi connectivity index (χ2v) is 28.3. The van der Waals surface area contributed by atoms with E-state index in [4.69, 9.17) is 39.8 Å². The largest absolute Gasteiger partial charge is 0.508 e. The fourth-order valence-electron chi connectivity index (χ4n) is 12.1. The molecule has 1 aromatic carbocycles. The Hall–Kier alpha value is -11.0. The van der Waals surface area contributed by atoms with E-state index in [1.165, 1.54) is 31.2 Å². The number of likely N-dealkylation sites (tertiary alicyclic amines) is 2. The number of unbranched alkanes of at least 4 members (excludes halogenated alkanes) is 1. The summed E-state index contributed by atoms with van der Waals surface area (Å²) in [6.07, 6.45) is -7.43. The molecule has 17 amide bonds. The first-order valence-corrected chi connectivity index (χ1v) is 37.2. The number of amides is 17. The first-order chi connectivity index (χ1) is 53.5. The quantitative estimate of drug-likeness (QED) is 0.0164. The molecule has 0 bridgehead atoms. The van der Waals surface area contributed by atoms with Crippen LogP contribution in [-0.4, -0.2) is 296 Å². The molecule has 3 rings (SSSR count). The number of rotatable bonds is 49. The van der Waals surface area contributed by atoms with E-state index in [9.17, 15) is 112 Å². The number of phenolic OH excluding ortho intramolecular Hbond substituents is 1. The van der Waals surface area contributed by atoms with Gasteiger partial charge in [-0.1, -0.05) is 32.4 Å². The number of carbonyl (C=O) groups excluding carboxylic acids is 17. The van der Waals surface area contributed by atoms with E-state index >= 15 is 0 Å². The minimum atomic E-state index is -2.06. The van der Waals surface area contributed by atoms with Gasteiger partial charge in [-0.25, -0.2) is 0 Å². The van der Waals surface area contributed by atoms with Crippen molar-refractivity contribution in [3.05, 3.63) is 29.8 Å². The number of nitrogens with zero attached hydrogens (tertiary/aromatic N) is 2. The van der Waals surface area contributed by atoms with Gasteiger partial charge in [-0.3, -0.25) is 86.9 Å². The highest BCUT2D eigenvalue weighted by Gasteiger charge is 2.44. The van der Waals surface area contributed by atoms with Crippen molar-refractivity contribution in [3.8, 4) is 5.75 Å². The van der Waals surface area contributed by atoms with Gasteiger partial charge in [0.15, 0.2) is 5.96 Å². The van der Waals surface area contributed by atoms with Gasteiger partial charge in [0.05, 0.1) is 56.6 Å². The first-order valence-electron chi connectivity index (χ1n) is 37.2. The second kappa shape index (κ2) is 48.2. The summed E-state index contributed by atoms with van der Waals surface area (Å²) in [6.45, 7) is 5.13. The van der Waals surface area contributed by atoms with Crippen molar-refractivity contribution in [3.63, 3.8) is 0 Å². The van der Waals surface area contributed by atoms with E-state index in [-0.39, 0.29) is 82.7 Å². The molecule has 17 atom stereocenters. The molecule has 0 saturated carbocycles. The van der Waals surface area contributed by atoms with Crippen LogP contribution >= 0.6 is 0 Å². The number of aliphatic hydroxyl groups is 5. The van der Waals surface area contributed by atoms with Crippen molar-refractivity contribution in [2.75, 3.05) is 45.9 Å². The average molecular weight is 1620 g/mol. The van der Waals surface area contributed by atoms with Crippen LogP contribution in [0.5, 0.6) is 5.75 Å². The van der Waals surface area contributed by atoms with Gasteiger partial charge in [0.25, 0.3) is 0 Å². The lowest BCUT2D eigenvalue weighted by Crippen LogP contribution is -2.63. The van der Waals surface area contributed by atoms with Gasteiger partial charge in [0.1, 0.15) is 78.3 Å². The van der Waals surface area contributed by atoms with Crippen LogP contribution in [0.2, 0.25) is 0 Å². The monoisotopic (exact) mass is 1620 g/mol. The van der Waals surface area contributed by atoms with Crippen LogP contribution in [0.1, 0.15) is 131 Å². The molecule has 1 aromatic rings. The van der Waals surface area contributed by atoms with E-state index in [2.05, 4.69) is 69.1 Å². The number of hydrogen-bond acceptors (Lipinski definition) is 26. The third-order valence-corrected chi connectivity index (χ3v) is 18.2. The van der Waals surface area contributed by atoms with E-state index in [1.807, 2.05) is 0 Å². The predicted molar refractivity (Wildman–Crippen MR) is 401 cm³/mol. The molecule has 45 heteroatoms. The van der Waals surface area contributed by atoms with Gasteiger partial charge in [0, 0.05) is 32.5 Å². The molecule has 2 heterocycles. The molecule has 0 spiro atoms. The Kier molecular flexibility index (Phi) is 41.1. The molecule has 0 unspecified atom stereocenters. The van der Waals surface area contributed by atoms with Gasteiger partial charge in [0.2, 0.25) is 100 Å². The van der Waals surface area contributed by atoms with Crippen molar-refractivity contribution >= 4 is 106 Å². The SMILES string of the molecule is CC(C)C[C@H](NC(=O)[C@@H](N)CCCCN)C(=O)N[C@@H](CCC(N)=O)C(=O)N[C@H](C(=O)N[C@@H](Cc1ccc(O)cc1)C(=O)N1CCC[C@H]1C(=O)N[C@@H](CCCNC(=N)N)C(=O)N[C@H](C(=O)N[C@@H](CC(N)=O)C(=O)N[C@H](C(=O)NCC(=O)N[C@@H](CO)C(=O)NCC(=O)N[C@H](C(=O)N1CCC[C@H]1C(N)=O)[C@@H](C)O)[C@@H](C)O)[C@@H](C)O)[C@@H](C)O. The average Bonchev–Trinajstić information content (AvgIpc) is 1.63. The molecule has 0 aromatic heterocycles. The number of carbonyl (C=O) groups is 17. The molecule has 2 aliphatic rings. The minimum absolute atomic E-state index is 0.0490. The Morgan fingerprint density at radius 1 is 0.482 bits per heavy atom. The molecule has 45 nitrogen and oxygen atoms in total. The summed E-state index contributed by atoms with van der Waals surface area (Å²) in [6, 6.07) is -15.7. The summed E-state index contributed by atoms with van der Waals surface area (Å²) in [5.41, 5.74) is 33.7. The zero-order chi connectivity index (χ0) is 86.0. The number of phenols is 1. The minimum Gasteiger partial charge on any atom is -0.508 e. The maximum atomic E-state index is 15.0. The Labute approximate surface area is 656 Å². The molecular weight excluding hydrogens is 1500 g/mol. The number of nitrogens with two attached hydrogens (primary N) is 6. The van der Waals surface area contributed by atoms with Crippen LogP contribution in [0.25, 0.3) is 0 Å². The standard InChI is InChI=1S/C69H114N22O23/c1-32(2)26-42(83-57(103)39(71)12-7-8-22-70)61(107)81-41(20-21-48(72)98)60(106)89-54(35(5)95)66(112)85-44(27-37-16-18-38(97)19-17-37)67(113)91-25-11-15-47(91)63(109)82-40(13-9-23-77-69(75)76)59(105)88-53(34(4)94)65(111)84-43(28-49(73)99)62(108)87-52(33(3)93)64(110)79-29-50(100)80-45(31-92)58(104)78-30-51(101)86-55(36(6)96)68(114)90-24-10-14-46(90)56(74)102/h16-19,32-36,39-47,52-55,92-97H,7-15,20-31,70-71H2,1-6H3,(H2,72,98)(H2,73,99)(H2,74,102)(H,78,104)(H,79,110)(H,80,100)(H,81,107)(H,82,109)(H,83,103)(H,84,111)(H,85,112)(H,86,101)(H,87,108)(H,88,105)(H,89,106)(H4,75,76,77)/t33-,34-,35-,36-,39+,40+,41+,42+,43+,44+,45+,46+,47+,52+,53+,54+,55+/m1/s1. The van der Waals surface area contributed by atoms with Crippen LogP contribution in [0.15, 0.2) is 24.3 Å². The fourth-order valence-corrected chi connectivity index (χ4v) is 12.1. The lowest BCUT2D eigenvalue weighted by Gasteiger charge is -2.32. The van der Waals surface area contributed by atoms with Crippen molar-refractivity contribution < 1.29 is 112 Å². The van der Waals surface area contributed by atoms with Gasteiger partial charge in [-0.15, -0.1) is 0 Å². The van der Waals surface area contributed by atoms with Crippen molar-refractivity contribution in [1.82, 2.24) is 78.9 Å². The van der Waals surface area contributed by atoms with Crippen LogP contribution in [-0.2, 0) is 87.9 Å². The van der Waals surface area contributed by atoms with Crippen LogP contribution < -0.4 is 104 Å². The van der Waals surface area contributed by atoms with Crippen molar-refractivity contribution in [2.45, 2.75) is 234 Å². The zero-order valence-electron chi connectivity index (χ0n) is 64.5. The molecule has 32 N–H and O–H groups in total. The van der Waals surface area contributed by atoms with Gasteiger partial charge >= 0.3 is 0 Å². The number of aliphatic hydroxyl groups excluding tert-OH is 5. The second-order valence-electron chi connectivity index (χ2n) is 28.3. The number of primary amides is 3. The van der Waals surface area contributed by atoms with E-state index in [1.54, 1.807) is 13.8 Å². The fraction of sp³-hybridized carbons (Fsp3) is 0.652. The van der Waals surface area contributed by atoms with Crippen LogP contribution in [0.4, 0.5) is 0 Å². The molecule has 2 fully saturated rings. The third kappa shape index (κ3) is 32.6. The summed E-state index contributed by atoms with van der Waals surface area (Å²) in [5, 5.41) is 101. The van der Waals surface area contributed by atoms with Crippen molar-refractivity contribution in [1.29, 1.82) is 5.41 Å². The summed E-state index contributed by atoms with van der Waals surface area (Å²) < 4.78 is 0. The Morgan fingerprint density at radius 2 is 0.956 bits per heavy atom. The zero-order valence-corrected chi connectivity index (χ0v) is 64.5. The van der Waals surface area contributed by atoms with Gasteiger partial charge < -0.3 is 144 Å². The van der Waals surface area contributed by atoms with E-state index < -0.39 is 248 Å². The normalized spacial score (nSPS) is 17.8. The summed E-state index contributed by atoms with van der Waals surface area (Å²) >= 11 is 0. The number of guanidine groups is 1. The van der Waals surface area contributed by atoms with Crippen molar-refractivity contribution in [2.24, 2.45) is 40.3 Å². The summed E-state index contributed by atoms with van der Waals surface area (Å²) in [5.74, 6) is -19.0. The van der Waals surface area contributed by atoms with Crippen LogP contribution in [0, 0.1) is 11.3 Å². The molecule has 0 radical (unpaired) electrons.